The molecule has 0 aliphatic heterocycles. The Labute approximate surface area is 103 Å². The molecule has 2 heteroatoms. The van der Waals surface area contributed by atoms with Gasteiger partial charge in [0.1, 0.15) is 0 Å². The van der Waals surface area contributed by atoms with E-state index in [1.165, 1.54) is 29.9 Å². The van der Waals surface area contributed by atoms with Gasteiger partial charge >= 0.3 is 0 Å². The van der Waals surface area contributed by atoms with E-state index in [1.807, 2.05) is 11.8 Å². The molecule has 16 heavy (non-hydrogen) atoms. The number of hydrogen-bond donors (Lipinski definition) is 1. The molecular weight excluding hydrogens is 214 g/mol. The van der Waals surface area contributed by atoms with Crippen LogP contribution in [0.1, 0.15) is 31.4 Å². The third-order valence-electron chi connectivity index (χ3n) is 3.24. The first-order valence-electron chi connectivity index (χ1n) is 6.32. The second-order valence-corrected chi connectivity index (χ2v) is 5.63. The van der Waals surface area contributed by atoms with Crippen LogP contribution in [0.25, 0.3) is 0 Å². The first-order chi connectivity index (χ1) is 7.85. The van der Waals surface area contributed by atoms with Crippen LogP contribution in [0, 0.1) is 0 Å². The normalized spacial score (nSPS) is 19.5. The zero-order valence-corrected chi connectivity index (χ0v) is 11.1. The maximum absolute atomic E-state index is 3.59. The first-order valence-corrected chi connectivity index (χ1v) is 7.30. The molecule has 0 bridgehead atoms. The van der Waals surface area contributed by atoms with Gasteiger partial charge in [-0.1, -0.05) is 26.0 Å². The number of fused-ring (bicyclic) bond motifs is 1. The highest BCUT2D eigenvalue weighted by atomic mass is 32.2. The summed E-state index contributed by atoms with van der Waals surface area (Å²) in [7, 11) is 0. The summed E-state index contributed by atoms with van der Waals surface area (Å²) in [6, 6.07) is 7.49. The van der Waals surface area contributed by atoms with E-state index in [9.17, 15) is 0 Å². The van der Waals surface area contributed by atoms with Gasteiger partial charge in [0.15, 0.2) is 0 Å². The molecule has 0 spiro atoms. The van der Waals surface area contributed by atoms with Crippen molar-refractivity contribution < 1.29 is 0 Å². The lowest BCUT2D eigenvalue weighted by Crippen LogP contribution is -2.34. The maximum atomic E-state index is 3.59. The summed E-state index contributed by atoms with van der Waals surface area (Å²) in [6.07, 6.45) is 3.75. The van der Waals surface area contributed by atoms with E-state index in [0.29, 0.717) is 6.04 Å². The molecule has 0 heterocycles. The molecule has 1 N–H and O–H groups in total. The van der Waals surface area contributed by atoms with Crippen molar-refractivity contribution in [1.29, 1.82) is 0 Å². The zero-order chi connectivity index (χ0) is 11.4. The predicted molar refractivity (Wildman–Crippen MR) is 72.3 cm³/mol. The van der Waals surface area contributed by atoms with E-state index in [-0.39, 0.29) is 0 Å². The topological polar surface area (TPSA) is 12.0 Å². The summed E-state index contributed by atoms with van der Waals surface area (Å²) >= 11 is 1.98. The molecule has 1 atom stereocenters. The van der Waals surface area contributed by atoms with Crippen molar-refractivity contribution >= 4 is 11.8 Å². The fourth-order valence-electron chi connectivity index (χ4n) is 2.51. The Balaban J connectivity index is 2.20. The van der Waals surface area contributed by atoms with Crippen molar-refractivity contribution in [2.24, 2.45) is 0 Å². The van der Waals surface area contributed by atoms with Crippen LogP contribution in [0.2, 0.25) is 0 Å². The van der Waals surface area contributed by atoms with Crippen LogP contribution in [-0.2, 0) is 12.8 Å². The van der Waals surface area contributed by atoms with Crippen LogP contribution in [0.5, 0.6) is 0 Å². The number of aryl methyl sites for hydroxylation is 1. The summed E-state index contributed by atoms with van der Waals surface area (Å²) < 4.78 is 0. The minimum absolute atomic E-state index is 0.691. The van der Waals surface area contributed by atoms with Crippen LogP contribution in [0.15, 0.2) is 23.1 Å². The van der Waals surface area contributed by atoms with Crippen molar-refractivity contribution in [3.8, 4) is 0 Å². The van der Waals surface area contributed by atoms with Gasteiger partial charge in [0, 0.05) is 10.9 Å². The lowest BCUT2D eigenvalue weighted by Gasteiger charge is -2.27. The Kier molecular flexibility index (Phi) is 4.30. The Bertz CT molecular complexity index is 349. The number of likely N-dealkylation sites (N-methyl/N-ethyl adjacent to an activating group) is 1. The predicted octanol–water partition coefficient (Wildman–Crippen LogP) is 3.27. The number of thioether (sulfide) groups is 1. The van der Waals surface area contributed by atoms with E-state index in [1.54, 1.807) is 11.1 Å². The molecule has 0 aromatic heterocycles. The molecule has 1 aliphatic rings. The molecule has 1 aromatic rings. The van der Waals surface area contributed by atoms with E-state index < -0.39 is 0 Å². The largest absolute Gasteiger partial charge is 0.314 e. The number of nitrogens with one attached hydrogen (secondary N) is 1. The molecule has 0 saturated heterocycles. The lowest BCUT2D eigenvalue weighted by atomic mass is 9.88. The molecular formula is C14H21NS. The third-order valence-corrected chi connectivity index (χ3v) is 4.22. The number of benzene rings is 1. The second kappa shape index (κ2) is 5.74. The summed E-state index contributed by atoms with van der Waals surface area (Å²) in [6.45, 7) is 5.51. The molecule has 0 saturated carbocycles. The van der Waals surface area contributed by atoms with Gasteiger partial charge in [-0.05, 0) is 48.8 Å². The van der Waals surface area contributed by atoms with Gasteiger partial charge in [0.2, 0.25) is 0 Å². The zero-order valence-electron chi connectivity index (χ0n) is 10.3. The molecule has 0 radical (unpaired) electrons. The van der Waals surface area contributed by atoms with Gasteiger partial charge in [-0.25, -0.2) is 0 Å². The first kappa shape index (κ1) is 12.0. The maximum Gasteiger partial charge on any atom is 0.0111 e. The van der Waals surface area contributed by atoms with E-state index in [0.717, 1.165) is 6.54 Å². The van der Waals surface area contributed by atoms with Gasteiger partial charge < -0.3 is 5.32 Å². The fraction of sp³-hybridized carbons (Fsp3) is 0.571. The van der Waals surface area contributed by atoms with Crippen LogP contribution >= 0.6 is 11.8 Å². The SMILES string of the molecule is CCNC1CCc2cccc(SCC)c2C1. The fourth-order valence-corrected chi connectivity index (χ4v) is 3.38. The van der Waals surface area contributed by atoms with Crippen molar-refractivity contribution in [2.75, 3.05) is 12.3 Å². The van der Waals surface area contributed by atoms with Crippen LogP contribution < -0.4 is 5.32 Å². The average Bonchev–Trinajstić information content (AvgIpc) is 2.31. The summed E-state index contributed by atoms with van der Waals surface area (Å²) in [5.41, 5.74) is 3.18. The minimum atomic E-state index is 0.691. The van der Waals surface area contributed by atoms with Crippen molar-refractivity contribution in [1.82, 2.24) is 5.32 Å². The molecule has 0 fully saturated rings. The number of rotatable bonds is 4. The summed E-state index contributed by atoms with van der Waals surface area (Å²) in [5, 5.41) is 3.59. The standard InChI is InChI=1S/C14H21NS/c1-3-15-12-9-8-11-6-5-7-14(16-4-2)13(11)10-12/h5-7,12,15H,3-4,8-10H2,1-2H3. The summed E-state index contributed by atoms with van der Waals surface area (Å²) in [5.74, 6) is 1.17. The van der Waals surface area contributed by atoms with Gasteiger partial charge in [-0.3, -0.25) is 0 Å². The van der Waals surface area contributed by atoms with E-state index >= 15 is 0 Å². The van der Waals surface area contributed by atoms with Gasteiger partial charge in [0.05, 0.1) is 0 Å². The molecule has 2 rings (SSSR count). The lowest BCUT2D eigenvalue weighted by molar-refractivity contribution is 0.467. The molecule has 0 amide bonds. The van der Waals surface area contributed by atoms with Gasteiger partial charge in [-0.15, -0.1) is 11.8 Å². The van der Waals surface area contributed by atoms with Crippen molar-refractivity contribution in [3.63, 3.8) is 0 Å². The third kappa shape index (κ3) is 2.61. The molecule has 88 valence electrons. The highest BCUT2D eigenvalue weighted by Crippen LogP contribution is 2.30. The van der Waals surface area contributed by atoms with Crippen LogP contribution in [0.4, 0.5) is 0 Å². The Morgan fingerprint density at radius 1 is 1.38 bits per heavy atom. The highest BCUT2D eigenvalue weighted by molar-refractivity contribution is 7.99. The molecule has 1 aliphatic carbocycles. The monoisotopic (exact) mass is 235 g/mol. The van der Waals surface area contributed by atoms with Crippen molar-refractivity contribution in [3.05, 3.63) is 29.3 Å². The molecule has 1 nitrogen and oxygen atoms in total. The van der Waals surface area contributed by atoms with Crippen LogP contribution in [0.3, 0.4) is 0 Å². The molecule has 1 aromatic carbocycles. The number of hydrogen-bond acceptors (Lipinski definition) is 2. The Hall–Kier alpha value is -0.470. The summed E-state index contributed by atoms with van der Waals surface area (Å²) in [4.78, 5) is 1.50. The minimum Gasteiger partial charge on any atom is -0.314 e. The Morgan fingerprint density at radius 2 is 2.25 bits per heavy atom. The quantitative estimate of drug-likeness (QED) is 0.804. The van der Waals surface area contributed by atoms with E-state index in [4.69, 9.17) is 0 Å². The van der Waals surface area contributed by atoms with Gasteiger partial charge in [-0.2, -0.15) is 0 Å². The average molecular weight is 235 g/mol. The van der Waals surface area contributed by atoms with E-state index in [2.05, 4.69) is 37.4 Å². The smallest absolute Gasteiger partial charge is 0.0111 e. The van der Waals surface area contributed by atoms with Gasteiger partial charge in [0.25, 0.3) is 0 Å². The van der Waals surface area contributed by atoms with Crippen molar-refractivity contribution in [2.45, 2.75) is 44.0 Å². The highest BCUT2D eigenvalue weighted by Gasteiger charge is 2.19. The molecule has 1 unspecified atom stereocenters. The van der Waals surface area contributed by atoms with Crippen LogP contribution in [-0.4, -0.2) is 18.3 Å². The second-order valence-electron chi connectivity index (χ2n) is 4.32. The Morgan fingerprint density at radius 3 is 3.00 bits per heavy atom.